The molecular weight excluding hydrogens is 447 g/mol. The number of benzene rings is 2. The molecule has 2 rings (SSSR count). The summed E-state index contributed by atoms with van der Waals surface area (Å²) in [5.74, 6) is 0.798. The first kappa shape index (κ1) is 21.6. The molecule has 0 radical (unpaired) electrons. The maximum absolute atomic E-state index is 6.01. The summed E-state index contributed by atoms with van der Waals surface area (Å²) >= 11 is 6.01. The van der Waals surface area contributed by atoms with E-state index in [1.165, 1.54) is 16.8 Å². The van der Waals surface area contributed by atoms with E-state index in [9.17, 15) is 0 Å². The van der Waals surface area contributed by atoms with Crippen LogP contribution in [0.5, 0.6) is 0 Å². The lowest BCUT2D eigenvalue weighted by Gasteiger charge is -2.15. The third-order valence-electron chi connectivity index (χ3n) is 3.71. The van der Waals surface area contributed by atoms with Crippen LogP contribution < -0.4 is 15.5 Å². The molecule has 25 heavy (non-hydrogen) atoms. The van der Waals surface area contributed by atoms with Gasteiger partial charge in [0.05, 0.1) is 0 Å². The van der Waals surface area contributed by atoms with Gasteiger partial charge in [-0.05, 0) is 41.8 Å². The van der Waals surface area contributed by atoms with E-state index >= 15 is 0 Å². The van der Waals surface area contributed by atoms with Crippen molar-refractivity contribution in [3.63, 3.8) is 0 Å². The summed E-state index contributed by atoms with van der Waals surface area (Å²) in [6.07, 6.45) is 0.900. The van der Waals surface area contributed by atoms with Gasteiger partial charge in [0.2, 0.25) is 0 Å². The predicted molar refractivity (Wildman–Crippen MR) is 120 cm³/mol. The second-order valence-corrected chi connectivity index (χ2v) is 6.23. The Kier molecular flexibility index (Phi) is 9.67. The Bertz CT molecular complexity index is 689. The van der Waals surface area contributed by atoms with Gasteiger partial charge in [-0.1, -0.05) is 35.9 Å². The zero-order valence-corrected chi connectivity index (χ0v) is 18.0. The van der Waals surface area contributed by atoms with Crippen molar-refractivity contribution in [1.82, 2.24) is 10.6 Å². The van der Waals surface area contributed by atoms with Crippen molar-refractivity contribution in [3.8, 4) is 0 Å². The van der Waals surface area contributed by atoms with E-state index in [1.54, 1.807) is 7.05 Å². The van der Waals surface area contributed by atoms with Crippen molar-refractivity contribution in [3.05, 3.63) is 64.7 Å². The van der Waals surface area contributed by atoms with Crippen LogP contribution in [0.3, 0.4) is 0 Å². The number of hydrogen-bond acceptors (Lipinski definition) is 2. The Labute approximate surface area is 172 Å². The monoisotopic (exact) mass is 472 g/mol. The van der Waals surface area contributed by atoms with Crippen LogP contribution in [-0.2, 0) is 13.0 Å². The Morgan fingerprint density at radius 2 is 1.76 bits per heavy atom. The fraction of sp³-hybridized carbons (Fsp3) is 0.316. The quantitative estimate of drug-likeness (QED) is 0.380. The number of anilines is 1. The molecule has 6 heteroatoms. The SMILES string of the molecule is CN=C(NCCc1cccc(Cl)c1)NCc1cccc(N(C)C)c1.I. The van der Waals surface area contributed by atoms with Gasteiger partial charge in [-0.15, -0.1) is 24.0 Å². The first-order chi connectivity index (χ1) is 11.6. The number of rotatable bonds is 6. The summed E-state index contributed by atoms with van der Waals surface area (Å²) in [5.41, 5.74) is 3.63. The second kappa shape index (κ2) is 11.2. The molecule has 0 saturated carbocycles. The molecule has 0 spiro atoms. The van der Waals surface area contributed by atoms with Crippen molar-refractivity contribution in [2.45, 2.75) is 13.0 Å². The number of halogens is 2. The van der Waals surface area contributed by atoms with Crippen LogP contribution in [0.4, 0.5) is 5.69 Å². The third kappa shape index (κ3) is 7.52. The normalized spacial score (nSPS) is 10.8. The molecule has 0 bridgehead atoms. The lowest BCUT2D eigenvalue weighted by atomic mass is 10.1. The molecule has 0 aromatic heterocycles. The number of guanidine groups is 1. The minimum absolute atomic E-state index is 0. The van der Waals surface area contributed by atoms with E-state index in [2.05, 4.69) is 50.9 Å². The fourth-order valence-electron chi connectivity index (χ4n) is 2.37. The van der Waals surface area contributed by atoms with Gasteiger partial charge in [-0.25, -0.2) is 0 Å². The summed E-state index contributed by atoms with van der Waals surface area (Å²) < 4.78 is 0. The molecule has 0 amide bonds. The standard InChI is InChI=1S/C19H25ClN4.HI/c1-21-19(22-11-10-15-6-4-8-17(20)12-15)23-14-16-7-5-9-18(13-16)24(2)3;/h4-9,12-13H,10-11,14H2,1-3H3,(H2,21,22,23);1H. The maximum Gasteiger partial charge on any atom is 0.191 e. The second-order valence-electron chi connectivity index (χ2n) is 5.80. The molecule has 0 heterocycles. The van der Waals surface area contributed by atoms with Crippen LogP contribution in [0.1, 0.15) is 11.1 Å². The van der Waals surface area contributed by atoms with Crippen LogP contribution in [-0.4, -0.2) is 33.6 Å². The zero-order chi connectivity index (χ0) is 17.4. The van der Waals surface area contributed by atoms with Crippen LogP contribution in [0.25, 0.3) is 0 Å². The summed E-state index contributed by atoms with van der Waals surface area (Å²) in [5, 5.41) is 7.45. The molecule has 2 N–H and O–H groups in total. The van der Waals surface area contributed by atoms with E-state index in [-0.39, 0.29) is 24.0 Å². The molecule has 0 aliphatic heterocycles. The van der Waals surface area contributed by atoms with Crippen LogP contribution in [0.15, 0.2) is 53.5 Å². The number of aliphatic imine (C=N–C) groups is 1. The first-order valence-corrected chi connectivity index (χ1v) is 8.41. The van der Waals surface area contributed by atoms with Gasteiger partial charge in [0.15, 0.2) is 5.96 Å². The van der Waals surface area contributed by atoms with Crippen LogP contribution in [0.2, 0.25) is 5.02 Å². The highest BCUT2D eigenvalue weighted by Gasteiger charge is 2.01. The highest BCUT2D eigenvalue weighted by atomic mass is 127. The van der Waals surface area contributed by atoms with E-state index < -0.39 is 0 Å². The summed E-state index contributed by atoms with van der Waals surface area (Å²) in [4.78, 5) is 6.37. The molecule has 0 aliphatic carbocycles. The third-order valence-corrected chi connectivity index (χ3v) is 3.94. The fourth-order valence-corrected chi connectivity index (χ4v) is 2.58. The van der Waals surface area contributed by atoms with Gasteiger partial charge in [0.1, 0.15) is 0 Å². The van der Waals surface area contributed by atoms with E-state index in [0.717, 1.165) is 30.5 Å². The molecule has 2 aromatic carbocycles. The summed E-state index contributed by atoms with van der Waals surface area (Å²) in [6.45, 7) is 1.54. The molecule has 0 saturated heterocycles. The lowest BCUT2D eigenvalue weighted by molar-refractivity contribution is 0.794. The van der Waals surface area contributed by atoms with Gasteiger partial charge in [-0.2, -0.15) is 0 Å². The Hall–Kier alpha value is -1.47. The molecule has 2 aromatic rings. The first-order valence-electron chi connectivity index (χ1n) is 8.03. The number of nitrogens with zero attached hydrogens (tertiary/aromatic N) is 2. The molecule has 0 atom stereocenters. The largest absolute Gasteiger partial charge is 0.378 e. The Balaban J connectivity index is 0.00000312. The minimum atomic E-state index is 0. The molecule has 136 valence electrons. The van der Waals surface area contributed by atoms with Gasteiger partial charge in [0.25, 0.3) is 0 Å². The molecule has 0 unspecified atom stereocenters. The summed E-state index contributed by atoms with van der Waals surface area (Å²) in [7, 11) is 5.87. The lowest BCUT2D eigenvalue weighted by Crippen LogP contribution is -2.37. The number of nitrogens with one attached hydrogen (secondary N) is 2. The molecule has 0 fully saturated rings. The highest BCUT2D eigenvalue weighted by molar-refractivity contribution is 14.0. The zero-order valence-electron chi connectivity index (χ0n) is 14.9. The van der Waals surface area contributed by atoms with E-state index in [4.69, 9.17) is 11.6 Å². The van der Waals surface area contributed by atoms with Crippen molar-refractivity contribution in [2.75, 3.05) is 32.6 Å². The predicted octanol–water partition coefficient (Wildman–Crippen LogP) is 3.93. The van der Waals surface area contributed by atoms with Gasteiger partial charge >= 0.3 is 0 Å². The van der Waals surface area contributed by atoms with Crippen LogP contribution >= 0.6 is 35.6 Å². The van der Waals surface area contributed by atoms with E-state index in [0.29, 0.717) is 0 Å². The summed E-state index contributed by atoms with van der Waals surface area (Å²) in [6, 6.07) is 16.4. The van der Waals surface area contributed by atoms with Gasteiger partial charge in [-0.3, -0.25) is 4.99 Å². The van der Waals surface area contributed by atoms with Crippen LogP contribution in [0, 0.1) is 0 Å². The number of hydrogen-bond donors (Lipinski definition) is 2. The highest BCUT2D eigenvalue weighted by Crippen LogP contribution is 2.13. The van der Waals surface area contributed by atoms with E-state index in [1.807, 2.05) is 32.3 Å². The average molecular weight is 473 g/mol. The van der Waals surface area contributed by atoms with Crippen molar-refractivity contribution in [2.24, 2.45) is 4.99 Å². The topological polar surface area (TPSA) is 39.7 Å². The van der Waals surface area contributed by atoms with Gasteiger partial charge in [0, 0.05) is 44.9 Å². The molecule has 4 nitrogen and oxygen atoms in total. The van der Waals surface area contributed by atoms with Crippen molar-refractivity contribution in [1.29, 1.82) is 0 Å². The molecule has 0 aliphatic rings. The van der Waals surface area contributed by atoms with Crippen molar-refractivity contribution >= 4 is 47.2 Å². The maximum atomic E-state index is 6.01. The Morgan fingerprint density at radius 1 is 1.04 bits per heavy atom. The average Bonchev–Trinajstić information content (AvgIpc) is 2.58. The smallest absolute Gasteiger partial charge is 0.191 e. The Morgan fingerprint density at radius 3 is 2.44 bits per heavy atom. The minimum Gasteiger partial charge on any atom is -0.378 e. The van der Waals surface area contributed by atoms with Gasteiger partial charge < -0.3 is 15.5 Å². The molecular formula is C19H26ClIN4. The van der Waals surface area contributed by atoms with Crippen molar-refractivity contribution < 1.29 is 0 Å².